The number of carbonyl (C=O) groups is 1. The molecule has 0 atom stereocenters. The van der Waals surface area contributed by atoms with Gasteiger partial charge in [-0.3, -0.25) is 4.79 Å². The van der Waals surface area contributed by atoms with E-state index in [1.165, 1.54) is 11.3 Å². The van der Waals surface area contributed by atoms with Crippen LogP contribution in [0.2, 0.25) is 0 Å². The molecule has 1 aliphatic heterocycles. The van der Waals surface area contributed by atoms with Gasteiger partial charge in [-0.05, 0) is 55.4 Å². The van der Waals surface area contributed by atoms with Gasteiger partial charge in [-0.25, -0.2) is 0 Å². The Kier molecular flexibility index (Phi) is 7.14. The minimum absolute atomic E-state index is 0.00310. The zero-order valence-corrected chi connectivity index (χ0v) is 16.8. The lowest BCUT2D eigenvalue weighted by atomic mass is 10.1. The van der Waals surface area contributed by atoms with Crippen molar-refractivity contribution < 1.29 is 9.53 Å². The molecular weight excluding hydrogens is 352 g/mol. The maximum atomic E-state index is 12.0. The lowest BCUT2D eigenvalue weighted by Gasteiger charge is -2.34. The van der Waals surface area contributed by atoms with Gasteiger partial charge in [-0.2, -0.15) is 0 Å². The molecule has 0 aliphatic carbocycles. The molecule has 0 spiro atoms. The van der Waals surface area contributed by atoms with Crippen molar-refractivity contribution in [3.8, 4) is 5.75 Å². The standard InChI is InChI=1S/C22H30N4O2/c1-25-13-15-26(16-14-25)20-7-5-19(6-8-20)24-17-22(27)23-12-11-18-3-9-21(28-2)10-4-18/h3-10,24H,11-17H2,1-2H3,(H,23,27). The lowest BCUT2D eigenvalue weighted by Crippen LogP contribution is -2.44. The predicted molar refractivity (Wildman–Crippen MR) is 114 cm³/mol. The summed E-state index contributed by atoms with van der Waals surface area (Å²) in [5, 5.41) is 6.14. The van der Waals surface area contributed by atoms with Crippen LogP contribution in [0.1, 0.15) is 5.56 Å². The number of methoxy groups -OCH3 is 1. The number of anilines is 2. The average molecular weight is 383 g/mol. The Labute approximate surface area is 167 Å². The van der Waals surface area contributed by atoms with E-state index in [9.17, 15) is 4.79 Å². The first kappa shape index (κ1) is 20.0. The minimum Gasteiger partial charge on any atom is -0.497 e. The molecule has 150 valence electrons. The third kappa shape index (κ3) is 5.89. The average Bonchev–Trinajstić information content (AvgIpc) is 2.74. The number of hydrogen-bond donors (Lipinski definition) is 2. The largest absolute Gasteiger partial charge is 0.497 e. The molecule has 0 bridgehead atoms. The van der Waals surface area contributed by atoms with Crippen LogP contribution in [0, 0.1) is 0 Å². The molecule has 1 fully saturated rings. The molecule has 1 amide bonds. The zero-order valence-electron chi connectivity index (χ0n) is 16.8. The van der Waals surface area contributed by atoms with Gasteiger partial charge < -0.3 is 25.2 Å². The molecule has 2 N–H and O–H groups in total. The first-order chi connectivity index (χ1) is 13.6. The van der Waals surface area contributed by atoms with Crippen LogP contribution in [0.5, 0.6) is 5.75 Å². The Balaban J connectivity index is 1.37. The van der Waals surface area contributed by atoms with Gasteiger partial charge in [-0.1, -0.05) is 12.1 Å². The maximum Gasteiger partial charge on any atom is 0.239 e. The van der Waals surface area contributed by atoms with E-state index in [-0.39, 0.29) is 12.5 Å². The van der Waals surface area contributed by atoms with Crippen molar-refractivity contribution in [2.45, 2.75) is 6.42 Å². The number of amides is 1. The van der Waals surface area contributed by atoms with Crippen molar-refractivity contribution in [1.82, 2.24) is 10.2 Å². The van der Waals surface area contributed by atoms with Crippen LogP contribution in [0.25, 0.3) is 0 Å². The summed E-state index contributed by atoms with van der Waals surface area (Å²) in [7, 11) is 3.81. The van der Waals surface area contributed by atoms with Gasteiger partial charge in [0.25, 0.3) is 0 Å². The topological polar surface area (TPSA) is 56.8 Å². The first-order valence-electron chi connectivity index (χ1n) is 9.81. The van der Waals surface area contributed by atoms with Crippen LogP contribution in [0.15, 0.2) is 48.5 Å². The summed E-state index contributed by atoms with van der Waals surface area (Å²) >= 11 is 0. The second-order valence-electron chi connectivity index (χ2n) is 7.14. The Hall–Kier alpha value is -2.73. The summed E-state index contributed by atoms with van der Waals surface area (Å²) < 4.78 is 5.15. The number of carbonyl (C=O) groups excluding carboxylic acids is 1. The van der Waals surface area contributed by atoms with Crippen LogP contribution in [-0.2, 0) is 11.2 Å². The van der Waals surface area contributed by atoms with E-state index in [2.05, 4.69) is 39.6 Å². The number of hydrogen-bond acceptors (Lipinski definition) is 5. The van der Waals surface area contributed by atoms with Crippen molar-refractivity contribution in [3.63, 3.8) is 0 Å². The number of rotatable bonds is 8. The molecule has 2 aromatic rings. The highest BCUT2D eigenvalue weighted by molar-refractivity contribution is 5.80. The Morgan fingerprint density at radius 2 is 1.68 bits per heavy atom. The summed E-state index contributed by atoms with van der Waals surface area (Å²) in [6.07, 6.45) is 0.801. The fourth-order valence-corrected chi connectivity index (χ4v) is 3.24. The van der Waals surface area contributed by atoms with Crippen LogP contribution >= 0.6 is 0 Å². The quantitative estimate of drug-likeness (QED) is 0.733. The summed E-state index contributed by atoms with van der Waals surface area (Å²) in [5.41, 5.74) is 3.37. The Morgan fingerprint density at radius 1 is 1.00 bits per heavy atom. The van der Waals surface area contributed by atoms with Gasteiger partial charge in [0, 0.05) is 44.1 Å². The summed E-state index contributed by atoms with van der Waals surface area (Å²) in [5.74, 6) is 0.840. The highest BCUT2D eigenvalue weighted by atomic mass is 16.5. The number of benzene rings is 2. The van der Waals surface area contributed by atoms with E-state index in [0.29, 0.717) is 6.54 Å². The highest BCUT2D eigenvalue weighted by Gasteiger charge is 2.13. The van der Waals surface area contributed by atoms with Gasteiger partial charge in [0.2, 0.25) is 5.91 Å². The van der Waals surface area contributed by atoms with Gasteiger partial charge in [0.1, 0.15) is 5.75 Å². The van der Waals surface area contributed by atoms with Crippen molar-refractivity contribution in [1.29, 1.82) is 0 Å². The van der Waals surface area contributed by atoms with Crippen molar-refractivity contribution in [2.75, 3.05) is 63.6 Å². The van der Waals surface area contributed by atoms with Gasteiger partial charge in [0.05, 0.1) is 13.7 Å². The fourth-order valence-electron chi connectivity index (χ4n) is 3.24. The van der Waals surface area contributed by atoms with Crippen molar-refractivity contribution >= 4 is 17.3 Å². The first-order valence-corrected chi connectivity index (χ1v) is 9.81. The number of nitrogens with one attached hydrogen (secondary N) is 2. The molecule has 0 unspecified atom stereocenters. The normalized spacial score (nSPS) is 14.6. The van der Waals surface area contributed by atoms with E-state index in [4.69, 9.17) is 4.74 Å². The molecule has 1 heterocycles. The Morgan fingerprint density at radius 3 is 2.32 bits per heavy atom. The lowest BCUT2D eigenvalue weighted by molar-refractivity contribution is -0.119. The van der Waals surface area contributed by atoms with Crippen LogP contribution in [-0.4, -0.2) is 64.2 Å². The second-order valence-corrected chi connectivity index (χ2v) is 7.14. The van der Waals surface area contributed by atoms with E-state index in [1.807, 2.05) is 36.4 Å². The Bertz CT molecular complexity index is 738. The molecule has 0 saturated carbocycles. The summed E-state index contributed by atoms with van der Waals surface area (Å²) in [6.45, 7) is 5.19. The van der Waals surface area contributed by atoms with Gasteiger partial charge >= 0.3 is 0 Å². The summed E-state index contributed by atoms with van der Waals surface area (Å²) in [6, 6.07) is 16.2. The van der Waals surface area contributed by atoms with Crippen molar-refractivity contribution in [2.24, 2.45) is 0 Å². The van der Waals surface area contributed by atoms with E-state index < -0.39 is 0 Å². The number of piperazine rings is 1. The monoisotopic (exact) mass is 382 g/mol. The van der Waals surface area contributed by atoms with Crippen molar-refractivity contribution in [3.05, 3.63) is 54.1 Å². The van der Waals surface area contributed by atoms with Crippen LogP contribution in [0.3, 0.4) is 0 Å². The predicted octanol–water partition coefficient (Wildman–Crippen LogP) is 2.22. The van der Waals surface area contributed by atoms with E-state index >= 15 is 0 Å². The molecule has 1 saturated heterocycles. The smallest absolute Gasteiger partial charge is 0.239 e. The molecule has 0 aromatic heterocycles. The molecular formula is C22H30N4O2. The number of ether oxygens (including phenoxy) is 1. The minimum atomic E-state index is -0.00310. The molecule has 6 heteroatoms. The maximum absolute atomic E-state index is 12.0. The van der Waals surface area contributed by atoms with E-state index in [0.717, 1.165) is 44.0 Å². The van der Waals surface area contributed by atoms with E-state index in [1.54, 1.807) is 7.11 Å². The molecule has 28 heavy (non-hydrogen) atoms. The molecule has 3 rings (SSSR count). The van der Waals surface area contributed by atoms with Crippen LogP contribution < -0.4 is 20.3 Å². The SMILES string of the molecule is COc1ccc(CCNC(=O)CNc2ccc(N3CCN(C)CC3)cc2)cc1. The fraction of sp³-hybridized carbons (Fsp3) is 0.409. The summed E-state index contributed by atoms with van der Waals surface area (Å²) in [4.78, 5) is 16.8. The van der Waals surface area contributed by atoms with Gasteiger partial charge in [0.15, 0.2) is 0 Å². The highest BCUT2D eigenvalue weighted by Crippen LogP contribution is 2.19. The molecule has 1 aliphatic rings. The molecule has 6 nitrogen and oxygen atoms in total. The number of nitrogens with zero attached hydrogens (tertiary/aromatic N) is 2. The third-order valence-corrected chi connectivity index (χ3v) is 5.08. The molecule has 0 radical (unpaired) electrons. The third-order valence-electron chi connectivity index (χ3n) is 5.08. The zero-order chi connectivity index (χ0) is 19.8. The molecule has 2 aromatic carbocycles. The van der Waals surface area contributed by atoms with Crippen LogP contribution in [0.4, 0.5) is 11.4 Å². The second kappa shape index (κ2) is 9.99. The number of likely N-dealkylation sites (N-methyl/N-ethyl adjacent to an activating group) is 1. The van der Waals surface area contributed by atoms with Gasteiger partial charge in [-0.15, -0.1) is 0 Å².